The van der Waals surface area contributed by atoms with Gasteiger partial charge in [-0.15, -0.1) is 0 Å². The number of rotatable bonds is 2. The Morgan fingerprint density at radius 2 is 2.00 bits per heavy atom. The summed E-state index contributed by atoms with van der Waals surface area (Å²) in [5, 5.41) is 9.33. The number of carbonyl (C=O) groups excluding carboxylic acids is 1. The van der Waals surface area contributed by atoms with Crippen molar-refractivity contribution in [2.45, 2.75) is 13.5 Å². The number of nitrogens with zero attached hydrogens (tertiary/aromatic N) is 3. The smallest absolute Gasteiger partial charge is 0.412 e. The van der Waals surface area contributed by atoms with Gasteiger partial charge in [0.1, 0.15) is 11.4 Å². The predicted molar refractivity (Wildman–Crippen MR) is 80.0 cm³/mol. The average Bonchev–Trinajstić information content (AvgIpc) is 2.54. The number of fused-ring (bicyclic) bond motifs is 3. The van der Waals surface area contributed by atoms with Crippen LogP contribution in [0.25, 0.3) is 5.69 Å². The first-order chi connectivity index (χ1) is 11.0. The second kappa shape index (κ2) is 5.56. The molecule has 2 aromatic rings. The van der Waals surface area contributed by atoms with Gasteiger partial charge in [-0.3, -0.25) is 14.3 Å². The third-order valence-electron chi connectivity index (χ3n) is 3.47. The Kier molecular flexibility index (Phi) is 3.57. The topological polar surface area (TPSA) is 102 Å². The molecule has 0 saturated carbocycles. The molecule has 0 atom stereocenters. The van der Waals surface area contributed by atoms with E-state index in [-0.39, 0.29) is 24.5 Å². The highest BCUT2D eigenvalue weighted by molar-refractivity contribution is 5.91. The summed E-state index contributed by atoms with van der Waals surface area (Å²) in [4.78, 5) is 41.1. The van der Waals surface area contributed by atoms with Gasteiger partial charge in [0.15, 0.2) is 0 Å². The van der Waals surface area contributed by atoms with Crippen molar-refractivity contribution in [2.24, 2.45) is 0 Å². The number of ether oxygens (including phenoxy) is 1. The molecule has 0 fully saturated rings. The van der Waals surface area contributed by atoms with Gasteiger partial charge >= 0.3 is 12.1 Å². The van der Waals surface area contributed by atoms with Crippen LogP contribution in [0.5, 0.6) is 0 Å². The van der Waals surface area contributed by atoms with Crippen LogP contribution in [-0.4, -0.2) is 33.3 Å². The van der Waals surface area contributed by atoms with Crippen LogP contribution in [0.4, 0.5) is 10.5 Å². The molecule has 0 radical (unpaired) electrons. The molecule has 1 aliphatic heterocycles. The first-order valence-corrected chi connectivity index (χ1v) is 6.92. The fraction of sp³-hybridized carbons (Fsp3) is 0.200. The molecular formula is C15H13N3O5. The highest BCUT2D eigenvalue weighted by atomic mass is 16.5. The Bertz CT molecular complexity index is 858. The summed E-state index contributed by atoms with van der Waals surface area (Å²) in [5.41, 5.74) is -0.0441. The van der Waals surface area contributed by atoms with Crippen LogP contribution >= 0.6 is 0 Å². The first-order valence-electron chi connectivity index (χ1n) is 6.92. The van der Waals surface area contributed by atoms with Crippen molar-refractivity contribution in [3.63, 3.8) is 0 Å². The number of esters is 1. The highest BCUT2D eigenvalue weighted by Crippen LogP contribution is 2.29. The van der Waals surface area contributed by atoms with Crippen molar-refractivity contribution in [1.82, 2.24) is 9.55 Å². The normalized spacial score (nSPS) is 12.3. The van der Waals surface area contributed by atoms with Crippen LogP contribution in [0.15, 0.2) is 35.3 Å². The number of amides is 1. The summed E-state index contributed by atoms with van der Waals surface area (Å²) >= 11 is 0. The molecule has 0 unspecified atom stereocenters. The van der Waals surface area contributed by atoms with Gasteiger partial charge in [-0.1, -0.05) is 12.1 Å². The molecular weight excluding hydrogens is 302 g/mol. The van der Waals surface area contributed by atoms with E-state index in [1.165, 1.54) is 4.57 Å². The summed E-state index contributed by atoms with van der Waals surface area (Å²) in [5.74, 6) is -0.511. The van der Waals surface area contributed by atoms with Gasteiger partial charge in [0.25, 0.3) is 5.56 Å². The van der Waals surface area contributed by atoms with Gasteiger partial charge < -0.3 is 9.84 Å². The molecule has 1 aromatic heterocycles. The molecule has 0 aliphatic carbocycles. The summed E-state index contributed by atoms with van der Waals surface area (Å²) < 4.78 is 6.10. The number of anilines is 1. The fourth-order valence-electron chi connectivity index (χ4n) is 2.48. The molecule has 8 nitrogen and oxygen atoms in total. The molecule has 1 aromatic carbocycles. The van der Waals surface area contributed by atoms with E-state index in [0.29, 0.717) is 11.4 Å². The summed E-state index contributed by atoms with van der Waals surface area (Å²) in [6.45, 7) is 1.70. The Morgan fingerprint density at radius 1 is 1.30 bits per heavy atom. The van der Waals surface area contributed by atoms with Gasteiger partial charge in [0, 0.05) is 6.20 Å². The van der Waals surface area contributed by atoms with Gasteiger partial charge in [-0.25, -0.2) is 14.6 Å². The minimum atomic E-state index is -1.15. The summed E-state index contributed by atoms with van der Waals surface area (Å²) in [6, 6.07) is 6.55. The molecule has 3 rings (SSSR count). The molecule has 0 spiro atoms. The number of aromatic nitrogens is 2. The molecule has 1 amide bonds. The third kappa shape index (κ3) is 2.33. The minimum absolute atomic E-state index is 0.0787. The standard InChI is InChI=1S/C15H13N3O5/c1-2-23-14(20)9-7-16-12-8-17(15(21)22)10-5-3-4-6-11(10)18(12)13(9)19/h3-7H,2,8H2,1H3,(H,21,22). The second-order valence-electron chi connectivity index (χ2n) is 4.81. The van der Waals surface area contributed by atoms with Crippen molar-refractivity contribution in [1.29, 1.82) is 0 Å². The Balaban J connectivity index is 2.22. The van der Waals surface area contributed by atoms with E-state index in [1.807, 2.05) is 0 Å². The number of carboxylic acid groups (broad SMARTS) is 1. The Labute approximate surface area is 130 Å². The van der Waals surface area contributed by atoms with E-state index in [9.17, 15) is 19.5 Å². The number of hydrogen-bond donors (Lipinski definition) is 1. The van der Waals surface area contributed by atoms with Crippen molar-refractivity contribution < 1.29 is 19.4 Å². The lowest BCUT2D eigenvalue weighted by molar-refractivity contribution is 0.0523. The maximum atomic E-state index is 12.6. The number of carbonyl (C=O) groups is 2. The molecule has 1 aliphatic rings. The van der Waals surface area contributed by atoms with Crippen LogP contribution in [0, 0.1) is 0 Å². The highest BCUT2D eigenvalue weighted by Gasteiger charge is 2.29. The van der Waals surface area contributed by atoms with Gasteiger partial charge in [0.05, 0.1) is 24.5 Å². The van der Waals surface area contributed by atoms with E-state index in [1.54, 1.807) is 31.2 Å². The van der Waals surface area contributed by atoms with Crippen LogP contribution in [-0.2, 0) is 11.3 Å². The maximum Gasteiger partial charge on any atom is 0.412 e. The number of para-hydroxylation sites is 2. The Morgan fingerprint density at radius 3 is 2.65 bits per heavy atom. The lowest BCUT2D eigenvalue weighted by Crippen LogP contribution is -2.40. The van der Waals surface area contributed by atoms with Crippen molar-refractivity contribution in [3.05, 3.63) is 52.2 Å². The van der Waals surface area contributed by atoms with Crippen LogP contribution in [0.1, 0.15) is 23.1 Å². The number of hydrogen-bond acceptors (Lipinski definition) is 5. The van der Waals surface area contributed by atoms with Gasteiger partial charge in [0.2, 0.25) is 0 Å². The molecule has 23 heavy (non-hydrogen) atoms. The minimum Gasteiger partial charge on any atom is -0.465 e. The van der Waals surface area contributed by atoms with E-state index < -0.39 is 17.6 Å². The quantitative estimate of drug-likeness (QED) is 0.841. The van der Waals surface area contributed by atoms with E-state index in [4.69, 9.17) is 4.74 Å². The van der Waals surface area contributed by atoms with Crippen LogP contribution < -0.4 is 10.5 Å². The van der Waals surface area contributed by atoms with E-state index in [0.717, 1.165) is 11.1 Å². The lowest BCUT2D eigenvalue weighted by atomic mass is 10.2. The van der Waals surface area contributed by atoms with Crippen molar-refractivity contribution >= 4 is 17.7 Å². The molecule has 118 valence electrons. The van der Waals surface area contributed by atoms with Gasteiger partial charge in [-0.2, -0.15) is 0 Å². The van der Waals surface area contributed by atoms with Crippen molar-refractivity contribution in [2.75, 3.05) is 11.5 Å². The van der Waals surface area contributed by atoms with Crippen LogP contribution in [0.2, 0.25) is 0 Å². The van der Waals surface area contributed by atoms with E-state index >= 15 is 0 Å². The van der Waals surface area contributed by atoms with Crippen LogP contribution in [0.3, 0.4) is 0 Å². The van der Waals surface area contributed by atoms with Gasteiger partial charge in [-0.05, 0) is 19.1 Å². The second-order valence-corrected chi connectivity index (χ2v) is 4.81. The molecule has 8 heteroatoms. The first kappa shape index (κ1) is 14.8. The molecule has 0 saturated heterocycles. The average molecular weight is 315 g/mol. The summed E-state index contributed by atoms with van der Waals surface area (Å²) in [7, 11) is 0. The zero-order valence-corrected chi connectivity index (χ0v) is 12.2. The summed E-state index contributed by atoms with van der Waals surface area (Å²) in [6.07, 6.45) is -0.0208. The largest absolute Gasteiger partial charge is 0.465 e. The monoisotopic (exact) mass is 315 g/mol. The SMILES string of the molecule is CCOC(=O)c1cnc2n(c1=O)-c1ccccc1N(C(=O)O)C2. The Hall–Kier alpha value is -3.16. The fourth-order valence-corrected chi connectivity index (χ4v) is 2.48. The molecule has 0 bridgehead atoms. The molecule has 2 heterocycles. The van der Waals surface area contributed by atoms with Crippen molar-refractivity contribution in [3.8, 4) is 5.69 Å². The molecule has 1 N–H and O–H groups in total. The maximum absolute atomic E-state index is 12.6. The predicted octanol–water partition coefficient (Wildman–Crippen LogP) is 1.41. The zero-order chi connectivity index (χ0) is 16.6. The zero-order valence-electron chi connectivity index (χ0n) is 12.2. The third-order valence-corrected chi connectivity index (χ3v) is 3.47. The number of benzene rings is 1. The lowest BCUT2D eigenvalue weighted by Gasteiger charge is -2.29. The van der Waals surface area contributed by atoms with E-state index in [2.05, 4.69) is 4.98 Å².